The molecule has 0 bridgehead atoms. The van der Waals surface area contributed by atoms with E-state index in [0.29, 0.717) is 0 Å². The number of carboxylic acid groups (broad SMARTS) is 2. The van der Waals surface area contributed by atoms with Crippen LogP contribution in [0.1, 0.15) is 34.1 Å². The number of hydrogen-bond acceptors (Lipinski definition) is 6. The first-order chi connectivity index (χ1) is 9.15. The fraction of sp³-hybridized carbons (Fsp3) is 0.692. The van der Waals surface area contributed by atoms with Gasteiger partial charge in [0.15, 0.2) is 0 Å². The predicted molar refractivity (Wildman–Crippen MR) is 73.6 cm³/mol. The number of esters is 2. The van der Waals surface area contributed by atoms with Crippen molar-refractivity contribution in [2.75, 3.05) is 14.2 Å². The van der Waals surface area contributed by atoms with Gasteiger partial charge in [0.1, 0.15) is 0 Å². The van der Waals surface area contributed by atoms with Crippen LogP contribution in [0.5, 0.6) is 0 Å². The summed E-state index contributed by atoms with van der Waals surface area (Å²) in [4.78, 5) is 41.2. The molecule has 0 aromatic rings. The van der Waals surface area contributed by atoms with Crippen LogP contribution in [0, 0.1) is 11.8 Å². The van der Waals surface area contributed by atoms with Crippen LogP contribution in [0.2, 0.25) is 0 Å². The second-order valence-electron chi connectivity index (χ2n) is 4.04. The monoisotopic (exact) mass is 308 g/mol. The summed E-state index contributed by atoms with van der Waals surface area (Å²) < 4.78 is 8.58. The first-order valence-corrected chi connectivity index (χ1v) is 5.74. The molecule has 0 aromatic heterocycles. The van der Waals surface area contributed by atoms with Crippen molar-refractivity contribution in [3.8, 4) is 0 Å². The molecule has 0 aliphatic heterocycles. The molecule has 0 radical (unpaired) electrons. The third-order valence-corrected chi connectivity index (χ3v) is 2.21. The van der Waals surface area contributed by atoms with E-state index in [4.69, 9.17) is 10.2 Å². The molecule has 0 aliphatic rings. The molecule has 0 saturated carbocycles. The number of carboxylic acids is 2. The lowest BCUT2D eigenvalue weighted by Gasteiger charge is -2.03. The number of hydrogen-bond donors (Lipinski definition) is 2. The molecule has 0 rings (SSSR count). The van der Waals surface area contributed by atoms with Crippen molar-refractivity contribution < 1.29 is 38.9 Å². The molecule has 2 atom stereocenters. The fourth-order valence-corrected chi connectivity index (χ4v) is 0.967. The van der Waals surface area contributed by atoms with E-state index >= 15 is 0 Å². The van der Waals surface area contributed by atoms with Crippen LogP contribution >= 0.6 is 0 Å². The Kier molecular flexibility index (Phi) is 14.7. The van der Waals surface area contributed by atoms with E-state index < -0.39 is 35.7 Å². The van der Waals surface area contributed by atoms with Crippen molar-refractivity contribution in [1.82, 2.24) is 0 Å². The maximum Gasteiger partial charge on any atom is 0.308 e. The smallest absolute Gasteiger partial charge is 0.308 e. The van der Waals surface area contributed by atoms with Gasteiger partial charge in [-0.3, -0.25) is 19.2 Å². The molecule has 2 N–H and O–H groups in total. The topological polar surface area (TPSA) is 127 Å². The van der Waals surface area contributed by atoms with Gasteiger partial charge in [-0.1, -0.05) is 21.3 Å². The van der Waals surface area contributed by atoms with Crippen LogP contribution in [-0.2, 0) is 28.7 Å². The van der Waals surface area contributed by atoms with Gasteiger partial charge in [0, 0.05) is 0 Å². The second kappa shape index (κ2) is 12.9. The molecular formula is C13H24O8. The maximum absolute atomic E-state index is 10.6. The van der Waals surface area contributed by atoms with E-state index in [9.17, 15) is 19.2 Å². The molecule has 0 fully saturated rings. The third-order valence-electron chi connectivity index (χ3n) is 2.21. The molecule has 0 aliphatic carbocycles. The van der Waals surface area contributed by atoms with Crippen molar-refractivity contribution in [2.24, 2.45) is 11.8 Å². The molecule has 2 unspecified atom stereocenters. The molecule has 0 heterocycles. The highest BCUT2D eigenvalue weighted by Crippen LogP contribution is 2.03. The Morgan fingerprint density at radius 1 is 0.905 bits per heavy atom. The van der Waals surface area contributed by atoms with Crippen LogP contribution in [0.4, 0.5) is 0 Å². The fourth-order valence-electron chi connectivity index (χ4n) is 0.967. The lowest BCUT2D eigenvalue weighted by molar-refractivity contribution is -0.150. The van der Waals surface area contributed by atoms with Gasteiger partial charge in [-0.2, -0.15) is 0 Å². The summed E-state index contributed by atoms with van der Waals surface area (Å²) in [5, 5.41) is 16.5. The molecular weight excluding hydrogens is 284 g/mol. The van der Waals surface area contributed by atoms with Crippen LogP contribution < -0.4 is 0 Å². The Hall–Kier alpha value is -2.12. The van der Waals surface area contributed by atoms with Gasteiger partial charge in [0.05, 0.1) is 38.9 Å². The van der Waals surface area contributed by atoms with E-state index in [0.717, 1.165) is 0 Å². The van der Waals surface area contributed by atoms with Crippen molar-refractivity contribution >= 4 is 23.9 Å². The summed E-state index contributed by atoms with van der Waals surface area (Å²) in [5.41, 5.74) is 0. The maximum atomic E-state index is 10.6. The first kappa shape index (κ1) is 23.9. The largest absolute Gasteiger partial charge is 0.481 e. The van der Waals surface area contributed by atoms with Crippen molar-refractivity contribution in [2.45, 2.75) is 34.1 Å². The van der Waals surface area contributed by atoms with Gasteiger partial charge >= 0.3 is 23.9 Å². The molecule has 124 valence electrons. The van der Waals surface area contributed by atoms with Gasteiger partial charge in [-0.15, -0.1) is 0 Å². The number of rotatable bonds is 6. The third kappa shape index (κ3) is 14.1. The molecule has 8 heteroatoms. The van der Waals surface area contributed by atoms with Gasteiger partial charge in [-0.05, 0) is 0 Å². The minimum absolute atomic E-state index is 0. The Bertz CT molecular complexity index is 350. The first-order valence-electron chi connectivity index (χ1n) is 5.74. The summed E-state index contributed by atoms with van der Waals surface area (Å²) in [5.74, 6) is -4.16. The Morgan fingerprint density at radius 2 is 1.38 bits per heavy atom. The van der Waals surface area contributed by atoms with Crippen LogP contribution in [-0.4, -0.2) is 48.3 Å². The zero-order chi connectivity index (χ0) is 16.3. The zero-order valence-electron chi connectivity index (χ0n) is 11.9. The molecule has 8 nitrogen and oxygen atoms in total. The van der Waals surface area contributed by atoms with E-state index in [2.05, 4.69) is 9.47 Å². The minimum atomic E-state index is -0.988. The summed E-state index contributed by atoms with van der Waals surface area (Å²) >= 11 is 0. The van der Waals surface area contributed by atoms with Crippen molar-refractivity contribution in [3.05, 3.63) is 0 Å². The molecule has 0 aromatic carbocycles. The van der Waals surface area contributed by atoms with E-state index in [1.807, 2.05) is 0 Å². The van der Waals surface area contributed by atoms with Gasteiger partial charge in [0.25, 0.3) is 0 Å². The van der Waals surface area contributed by atoms with E-state index in [-0.39, 0.29) is 20.3 Å². The molecule has 0 amide bonds. The van der Waals surface area contributed by atoms with Crippen molar-refractivity contribution in [3.63, 3.8) is 0 Å². The minimum Gasteiger partial charge on any atom is -0.481 e. The summed E-state index contributed by atoms with van der Waals surface area (Å²) in [6.07, 6.45) is -0.238. The average Bonchev–Trinajstić information content (AvgIpc) is 2.37. The summed E-state index contributed by atoms with van der Waals surface area (Å²) in [6, 6.07) is 0. The lowest BCUT2D eigenvalue weighted by Crippen LogP contribution is -2.16. The summed E-state index contributed by atoms with van der Waals surface area (Å²) in [6.45, 7) is 2.97. The van der Waals surface area contributed by atoms with Crippen LogP contribution in [0.15, 0.2) is 0 Å². The van der Waals surface area contributed by atoms with Crippen LogP contribution in [0.3, 0.4) is 0 Å². The molecule has 0 saturated heterocycles. The Morgan fingerprint density at radius 3 is 1.67 bits per heavy atom. The van der Waals surface area contributed by atoms with Crippen LogP contribution in [0.25, 0.3) is 0 Å². The molecule has 0 spiro atoms. The number of aliphatic carboxylic acids is 2. The Labute approximate surface area is 124 Å². The number of methoxy groups -OCH3 is 2. The number of ether oxygens (including phenoxy) is 2. The average molecular weight is 308 g/mol. The molecule has 21 heavy (non-hydrogen) atoms. The number of carbonyl (C=O) groups is 4. The Balaban J connectivity index is -0.000000295. The van der Waals surface area contributed by atoms with E-state index in [1.165, 1.54) is 28.1 Å². The standard InChI is InChI=1S/2C6H10O4.CH4/c1-4(6(8)9)3-5(7)10-2;1-4(3-5(7)8)6(9)10-2;/h4H,3H2,1-2H3,(H,8,9);4H,3H2,1-2H3,(H,7,8);1H4. The van der Waals surface area contributed by atoms with Gasteiger partial charge in [-0.25, -0.2) is 0 Å². The highest BCUT2D eigenvalue weighted by molar-refractivity contribution is 5.78. The second-order valence-corrected chi connectivity index (χ2v) is 4.04. The normalized spacial score (nSPS) is 11.6. The summed E-state index contributed by atoms with van der Waals surface area (Å²) in [7, 11) is 2.47. The lowest BCUT2D eigenvalue weighted by atomic mass is 10.1. The quantitative estimate of drug-likeness (QED) is 0.700. The highest BCUT2D eigenvalue weighted by atomic mass is 16.5. The zero-order valence-corrected chi connectivity index (χ0v) is 11.9. The van der Waals surface area contributed by atoms with Gasteiger partial charge < -0.3 is 19.7 Å². The van der Waals surface area contributed by atoms with E-state index in [1.54, 1.807) is 0 Å². The number of carbonyl (C=O) groups excluding carboxylic acids is 2. The van der Waals surface area contributed by atoms with Crippen molar-refractivity contribution in [1.29, 1.82) is 0 Å². The SMILES string of the molecule is C.COC(=O)C(C)CC(=O)O.COC(=O)CC(C)C(=O)O. The highest BCUT2D eigenvalue weighted by Gasteiger charge is 2.16. The van der Waals surface area contributed by atoms with Gasteiger partial charge in [0.2, 0.25) is 0 Å². The predicted octanol–water partition coefficient (Wildman–Crippen LogP) is 1.18.